The van der Waals surface area contributed by atoms with Gasteiger partial charge in [-0.1, -0.05) is 50.5 Å². The Hall–Kier alpha value is -1.99. The predicted molar refractivity (Wildman–Crippen MR) is 117 cm³/mol. The van der Waals surface area contributed by atoms with Crippen LogP contribution in [0, 0.1) is 11.8 Å². The van der Waals surface area contributed by atoms with Gasteiger partial charge in [0.2, 0.25) is 0 Å². The van der Waals surface area contributed by atoms with Gasteiger partial charge in [0.25, 0.3) is 0 Å². The molecule has 0 heterocycles. The van der Waals surface area contributed by atoms with E-state index in [2.05, 4.69) is 6.92 Å². The molecule has 1 fully saturated rings. The zero-order chi connectivity index (χ0) is 23.1. The molecule has 0 saturated heterocycles. The number of esters is 1. The predicted octanol–water partition coefficient (Wildman–Crippen LogP) is 3.57. The molecule has 0 spiro atoms. The van der Waals surface area contributed by atoms with Crippen molar-refractivity contribution in [2.75, 3.05) is 6.61 Å². The van der Waals surface area contributed by atoms with Crippen molar-refractivity contribution in [3.8, 4) is 0 Å². The topological polar surface area (TPSA) is 121 Å². The van der Waals surface area contributed by atoms with Crippen LogP contribution < -0.4 is 0 Å². The number of carboxylic acids is 1. The number of rotatable bonds is 16. The Labute approximate surface area is 185 Å². The first-order chi connectivity index (χ1) is 14.8. The van der Waals surface area contributed by atoms with Crippen molar-refractivity contribution in [1.29, 1.82) is 0 Å². The van der Waals surface area contributed by atoms with Crippen LogP contribution in [0.5, 0.6) is 0 Å². The molecule has 4 atom stereocenters. The summed E-state index contributed by atoms with van der Waals surface area (Å²) in [4.78, 5) is 33.9. The molecule has 0 radical (unpaired) electrons. The van der Waals surface area contributed by atoms with Gasteiger partial charge in [-0.2, -0.15) is 0 Å². The third-order valence-corrected chi connectivity index (χ3v) is 5.52. The van der Waals surface area contributed by atoms with Crippen LogP contribution in [0.4, 0.5) is 0 Å². The molecule has 0 bridgehead atoms. The first-order valence-corrected chi connectivity index (χ1v) is 11.4. The van der Waals surface area contributed by atoms with E-state index in [0.717, 1.165) is 32.1 Å². The molecule has 0 amide bonds. The number of unbranched alkanes of at least 4 members (excludes halogenated alkanes) is 4. The van der Waals surface area contributed by atoms with Crippen molar-refractivity contribution in [2.45, 2.75) is 89.8 Å². The summed E-state index contributed by atoms with van der Waals surface area (Å²) in [6, 6.07) is 0. The van der Waals surface area contributed by atoms with E-state index in [1.165, 1.54) is 0 Å². The molecule has 1 rings (SSSR count). The summed E-state index contributed by atoms with van der Waals surface area (Å²) in [5, 5.41) is 28.8. The first-order valence-electron chi connectivity index (χ1n) is 11.4. The van der Waals surface area contributed by atoms with Crippen LogP contribution in [0.15, 0.2) is 24.3 Å². The van der Waals surface area contributed by atoms with E-state index >= 15 is 0 Å². The van der Waals surface area contributed by atoms with Crippen molar-refractivity contribution in [1.82, 2.24) is 0 Å². The number of hydrogen-bond donors (Lipinski definition) is 3. The molecule has 176 valence electrons. The maximum absolute atomic E-state index is 12.2. The Balaban J connectivity index is 2.29. The molecule has 0 unspecified atom stereocenters. The van der Waals surface area contributed by atoms with Gasteiger partial charge in [0, 0.05) is 18.3 Å². The van der Waals surface area contributed by atoms with Crippen molar-refractivity contribution >= 4 is 17.7 Å². The lowest BCUT2D eigenvalue weighted by Gasteiger charge is -2.16. The van der Waals surface area contributed by atoms with Crippen LogP contribution in [-0.2, 0) is 19.1 Å². The summed E-state index contributed by atoms with van der Waals surface area (Å²) < 4.78 is 4.97. The van der Waals surface area contributed by atoms with Gasteiger partial charge in [0.1, 0.15) is 5.78 Å². The standard InChI is InChI=1S/C24H38O7/c1-2-3-7-10-18(25)12-13-20-19(21(26)17-22(20)27)11-8-5-4-6-9-16-31-24(30)15-14-23(28)29/h5,8,12-13,18-20,22,25,27H,2-4,6-7,9-11,14-17H2,1H3,(H,28,29)/b8-5-,13-12+/t18-,19+,20+,22+/m0/s1. The fraction of sp³-hybridized carbons (Fsp3) is 0.708. The molecule has 7 nitrogen and oxygen atoms in total. The van der Waals surface area contributed by atoms with E-state index in [1.807, 2.05) is 18.2 Å². The Kier molecular flexibility index (Phi) is 13.7. The van der Waals surface area contributed by atoms with Crippen molar-refractivity contribution < 1.29 is 34.4 Å². The van der Waals surface area contributed by atoms with E-state index in [9.17, 15) is 24.6 Å². The van der Waals surface area contributed by atoms with Crippen LogP contribution in [-0.4, -0.2) is 51.9 Å². The quantitative estimate of drug-likeness (QED) is 0.191. The molecule has 1 aliphatic rings. The van der Waals surface area contributed by atoms with Crippen LogP contribution in [0.1, 0.15) is 77.6 Å². The molecule has 31 heavy (non-hydrogen) atoms. The molecule has 1 saturated carbocycles. The van der Waals surface area contributed by atoms with Crippen LogP contribution in [0.25, 0.3) is 0 Å². The van der Waals surface area contributed by atoms with E-state index in [-0.39, 0.29) is 43.5 Å². The zero-order valence-electron chi connectivity index (χ0n) is 18.6. The fourth-order valence-electron chi connectivity index (χ4n) is 3.68. The average molecular weight is 439 g/mol. The second kappa shape index (κ2) is 15.8. The van der Waals surface area contributed by atoms with Gasteiger partial charge in [-0.05, 0) is 32.1 Å². The monoisotopic (exact) mass is 438 g/mol. The molecule has 3 N–H and O–H groups in total. The zero-order valence-corrected chi connectivity index (χ0v) is 18.6. The summed E-state index contributed by atoms with van der Waals surface area (Å²) >= 11 is 0. The third kappa shape index (κ3) is 11.8. The molecule has 0 aromatic rings. The van der Waals surface area contributed by atoms with Gasteiger partial charge < -0.3 is 20.1 Å². The molecule has 0 aliphatic heterocycles. The first kappa shape index (κ1) is 27.0. The van der Waals surface area contributed by atoms with Crippen LogP contribution >= 0.6 is 0 Å². The number of aliphatic hydroxyl groups is 2. The van der Waals surface area contributed by atoms with Crippen LogP contribution in [0.2, 0.25) is 0 Å². The third-order valence-electron chi connectivity index (χ3n) is 5.52. The Bertz CT molecular complexity index is 611. The number of carboxylic acid groups (broad SMARTS) is 1. The Morgan fingerprint density at radius 3 is 2.65 bits per heavy atom. The van der Waals surface area contributed by atoms with Crippen LogP contribution in [0.3, 0.4) is 0 Å². The van der Waals surface area contributed by atoms with E-state index in [0.29, 0.717) is 19.3 Å². The number of aliphatic hydroxyl groups excluding tert-OH is 2. The number of ether oxygens (including phenoxy) is 1. The summed E-state index contributed by atoms with van der Waals surface area (Å²) in [7, 11) is 0. The smallest absolute Gasteiger partial charge is 0.306 e. The number of hydrogen-bond acceptors (Lipinski definition) is 6. The fourth-order valence-corrected chi connectivity index (χ4v) is 3.68. The highest BCUT2D eigenvalue weighted by Crippen LogP contribution is 2.33. The van der Waals surface area contributed by atoms with E-state index in [4.69, 9.17) is 9.84 Å². The summed E-state index contributed by atoms with van der Waals surface area (Å²) in [6.07, 6.45) is 12.7. The minimum Gasteiger partial charge on any atom is -0.481 e. The highest BCUT2D eigenvalue weighted by atomic mass is 16.5. The van der Waals surface area contributed by atoms with Gasteiger partial charge >= 0.3 is 11.9 Å². The van der Waals surface area contributed by atoms with Crippen molar-refractivity contribution in [3.63, 3.8) is 0 Å². The Morgan fingerprint density at radius 1 is 1.16 bits per heavy atom. The second-order valence-electron chi connectivity index (χ2n) is 8.19. The largest absolute Gasteiger partial charge is 0.481 e. The Morgan fingerprint density at radius 2 is 1.94 bits per heavy atom. The minimum atomic E-state index is -1.02. The normalized spacial score (nSPS) is 22.4. The average Bonchev–Trinajstić information content (AvgIpc) is 2.99. The maximum atomic E-state index is 12.2. The van der Waals surface area contributed by atoms with Gasteiger partial charge in [0.15, 0.2) is 0 Å². The molecule has 7 heteroatoms. The molecular weight excluding hydrogens is 400 g/mol. The number of allylic oxidation sites excluding steroid dienone is 2. The van der Waals surface area contributed by atoms with Gasteiger partial charge in [-0.3, -0.25) is 14.4 Å². The maximum Gasteiger partial charge on any atom is 0.306 e. The molecule has 1 aliphatic carbocycles. The second-order valence-corrected chi connectivity index (χ2v) is 8.19. The van der Waals surface area contributed by atoms with Gasteiger partial charge in [-0.15, -0.1) is 0 Å². The number of aliphatic carboxylic acids is 1. The van der Waals surface area contributed by atoms with Gasteiger partial charge in [-0.25, -0.2) is 0 Å². The lowest BCUT2D eigenvalue weighted by Crippen LogP contribution is -2.18. The SMILES string of the molecule is CCCCC[C@H](O)/C=C/[C@H]1[C@H](O)CC(=O)[C@@H]1C/C=C\CCCCOC(=O)CCC(=O)O. The van der Waals surface area contributed by atoms with Crippen molar-refractivity contribution in [3.05, 3.63) is 24.3 Å². The lowest BCUT2D eigenvalue weighted by molar-refractivity contribution is -0.147. The van der Waals surface area contributed by atoms with E-state index in [1.54, 1.807) is 6.08 Å². The highest BCUT2D eigenvalue weighted by Gasteiger charge is 2.39. The minimum absolute atomic E-state index is 0.0561. The summed E-state index contributed by atoms with van der Waals surface area (Å²) in [5.74, 6) is -1.98. The van der Waals surface area contributed by atoms with Crippen molar-refractivity contribution in [2.24, 2.45) is 11.8 Å². The lowest BCUT2D eigenvalue weighted by atomic mass is 9.90. The molecule has 0 aromatic heterocycles. The van der Waals surface area contributed by atoms with Gasteiger partial charge in [0.05, 0.1) is 31.7 Å². The molecule has 0 aromatic carbocycles. The summed E-state index contributed by atoms with van der Waals surface area (Å²) in [6.45, 7) is 2.38. The van der Waals surface area contributed by atoms with E-state index < -0.39 is 24.1 Å². The number of ketones is 1. The molecular formula is C24H38O7. The number of carbonyl (C=O) groups excluding carboxylic acids is 2. The number of carbonyl (C=O) groups is 3. The highest BCUT2D eigenvalue weighted by molar-refractivity contribution is 5.84. The summed E-state index contributed by atoms with van der Waals surface area (Å²) in [5.41, 5.74) is 0. The number of Topliss-reactive ketones (excluding diaryl/α,β-unsaturated/α-hetero) is 1.